The van der Waals surface area contributed by atoms with Crippen LogP contribution in [-0.4, -0.2) is 17.9 Å². The van der Waals surface area contributed by atoms with Crippen LogP contribution in [-0.2, 0) is 4.79 Å². The SMILES string of the molecule is C=C1C2CC=CCC2C(=O)N1C. The third kappa shape index (κ3) is 0.840. The van der Waals surface area contributed by atoms with Gasteiger partial charge in [-0.05, 0) is 12.8 Å². The van der Waals surface area contributed by atoms with Crippen LogP contribution in [0.25, 0.3) is 0 Å². The van der Waals surface area contributed by atoms with Crippen LogP contribution < -0.4 is 0 Å². The molecule has 0 aromatic carbocycles. The lowest BCUT2D eigenvalue weighted by molar-refractivity contribution is -0.129. The Hall–Kier alpha value is -1.05. The van der Waals surface area contributed by atoms with Crippen molar-refractivity contribution in [2.24, 2.45) is 11.8 Å². The second-order valence-electron chi connectivity index (χ2n) is 3.54. The standard InChI is InChI=1S/C10H13NO/c1-7-8-5-3-4-6-9(8)10(12)11(7)2/h3-4,8-9H,1,5-6H2,2H3. The molecule has 0 bridgehead atoms. The minimum Gasteiger partial charge on any atom is -0.319 e. The van der Waals surface area contributed by atoms with E-state index in [4.69, 9.17) is 0 Å². The number of fused-ring (bicyclic) bond motifs is 1. The van der Waals surface area contributed by atoms with Gasteiger partial charge >= 0.3 is 0 Å². The molecule has 2 heteroatoms. The Morgan fingerprint density at radius 2 is 2.00 bits per heavy atom. The number of likely N-dealkylation sites (tertiary alicyclic amines) is 1. The van der Waals surface area contributed by atoms with Crippen LogP contribution in [0, 0.1) is 11.8 Å². The monoisotopic (exact) mass is 163 g/mol. The Balaban J connectivity index is 2.31. The van der Waals surface area contributed by atoms with Gasteiger partial charge in [-0.2, -0.15) is 0 Å². The number of hydrogen-bond acceptors (Lipinski definition) is 1. The number of carbonyl (C=O) groups excluding carboxylic acids is 1. The van der Waals surface area contributed by atoms with Crippen molar-refractivity contribution in [1.29, 1.82) is 0 Å². The van der Waals surface area contributed by atoms with Crippen LogP contribution in [0.4, 0.5) is 0 Å². The lowest BCUT2D eigenvalue weighted by Crippen LogP contribution is -2.22. The normalized spacial score (nSPS) is 34.2. The zero-order valence-electron chi connectivity index (χ0n) is 7.29. The fourth-order valence-corrected chi connectivity index (χ4v) is 2.09. The molecular formula is C10H13NO. The number of rotatable bonds is 0. The van der Waals surface area contributed by atoms with Crippen molar-refractivity contribution in [3.63, 3.8) is 0 Å². The smallest absolute Gasteiger partial charge is 0.230 e. The fourth-order valence-electron chi connectivity index (χ4n) is 2.09. The molecule has 1 saturated heterocycles. The average molecular weight is 163 g/mol. The quantitative estimate of drug-likeness (QED) is 0.496. The van der Waals surface area contributed by atoms with Crippen molar-refractivity contribution in [2.45, 2.75) is 12.8 Å². The third-order valence-electron chi connectivity index (χ3n) is 2.94. The van der Waals surface area contributed by atoms with Gasteiger partial charge in [0.2, 0.25) is 5.91 Å². The van der Waals surface area contributed by atoms with E-state index in [-0.39, 0.29) is 11.8 Å². The average Bonchev–Trinajstić information content (AvgIpc) is 2.33. The molecule has 2 rings (SSSR count). The van der Waals surface area contributed by atoms with Crippen molar-refractivity contribution >= 4 is 5.91 Å². The van der Waals surface area contributed by atoms with E-state index in [1.54, 1.807) is 4.90 Å². The van der Waals surface area contributed by atoms with Crippen LogP contribution in [0.2, 0.25) is 0 Å². The maximum absolute atomic E-state index is 11.6. The van der Waals surface area contributed by atoms with Crippen LogP contribution in [0.3, 0.4) is 0 Å². The topological polar surface area (TPSA) is 20.3 Å². The van der Waals surface area contributed by atoms with Crippen LogP contribution in [0.1, 0.15) is 12.8 Å². The summed E-state index contributed by atoms with van der Waals surface area (Å²) < 4.78 is 0. The van der Waals surface area contributed by atoms with Gasteiger partial charge in [0.25, 0.3) is 0 Å². The molecule has 12 heavy (non-hydrogen) atoms. The molecule has 1 aliphatic heterocycles. The van der Waals surface area contributed by atoms with E-state index in [0.29, 0.717) is 5.92 Å². The zero-order chi connectivity index (χ0) is 8.72. The summed E-state index contributed by atoms with van der Waals surface area (Å²) in [5, 5.41) is 0. The number of amides is 1. The third-order valence-corrected chi connectivity index (χ3v) is 2.94. The number of hydrogen-bond donors (Lipinski definition) is 0. The van der Waals surface area contributed by atoms with Gasteiger partial charge in [0, 0.05) is 18.7 Å². The van der Waals surface area contributed by atoms with Gasteiger partial charge in [0.15, 0.2) is 0 Å². The predicted molar refractivity (Wildman–Crippen MR) is 47.3 cm³/mol. The molecular weight excluding hydrogens is 150 g/mol. The molecule has 64 valence electrons. The molecule has 1 heterocycles. The highest BCUT2D eigenvalue weighted by Crippen LogP contribution is 2.39. The summed E-state index contributed by atoms with van der Waals surface area (Å²) >= 11 is 0. The molecule has 0 spiro atoms. The zero-order valence-corrected chi connectivity index (χ0v) is 7.29. The van der Waals surface area contributed by atoms with Gasteiger partial charge in [-0.1, -0.05) is 18.7 Å². The molecule has 2 aliphatic rings. The summed E-state index contributed by atoms with van der Waals surface area (Å²) in [4.78, 5) is 13.3. The van der Waals surface area contributed by atoms with E-state index in [0.717, 1.165) is 18.5 Å². The Labute approximate surface area is 72.6 Å². The molecule has 1 amide bonds. The van der Waals surface area contributed by atoms with Gasteiger partial charge in [0.05, 0.1) is 5.92 Å². The Morgan fingerprint density at radius 3 is 2.58 bits per heavy atom. The van der Waals surface area contributed by atoms with E-state index in [1.807, 2.05) is 7.05 Å². The number of nitrogens with zero attached hydrogens (tertiary/aromatic N) is 1. The van der Waals surface area contributed by atoms with Crippen molar-refractivity contribution in [3.05, 3.63) is 24.4 Å². The lowest BCUT2D eigenvalue weighted by Gasteiger charge is -2.17. The van der Waals surface area contributed by atoms with Gasteiger partial charge < -0.3 is 4.90 Å². The first-order valence-electron chi connectivity index (χ1n) is 4.33. The molecule has 2 unspecified atom stereocenters. The van der Waals surface area contributed by atoms with Gasteiger partial charge in [-0.15, -0.1) is 0 Å². The van der Waals surface area contributed by atoms with Crippen LogP contribution in [0.5, 0.6) is 0 Å². The molecule has 0 aromatic heterocycles. The highest BCUT2D eigenvalue weighted by atomic mass is 16.2. The minimum absolute atomic E-state index is 0.187. The van der Waals surface area contributed by atoms with Crippen molar-refractivity contribution in [3.8, 4) is 0 Å². The highest BCUT2D eigenvalue weighted by molar-refractivity contribution is 5.84. The number of allylic oxidation sites excluding steroid dienone is 3. The summed E-state index contributed by atoms with van der Waals surface area (Å²) in [6.45, 7) is 3.94. The second-order valence-corrected chi connectivity index (χ2v) is 3.54. The van der Waals surface area contributed by atoms with Crippen molar-refractivity contribution in [1.82, 2.24) is 4.90 Å². The van der Waals surface area contributed by atoms with E-state index < -0.39 is 0 Å². The summed E-state index contributed by atoms with van der Waals surface area (Å²) in [6.07, 6.45) is 6.14. The number of carbonyl (C=O) groups is 1. The maximum Gasteiger partial charge on any atom is 0.230 e. The predicted octanol–water partition coefficient (Wildman–Crippen LogP) is 1.55. The Morgan fingerprint density at radius 1 is 1.42 bits per heavy atom. The van der Waals surface area contributed by atoms with Gasteiger partial charge in [-0.25, -0.2) is 0 Å². The van der Waals surface area contributed by atoms with E-state index in [2.05, 4.69) is 18.7 Å². The summed E-state index contributed by atoms with van der Waals surface area (Å²) in [5.41, 5.74) is 0.995. The fraction of sp³-hybridized carbons (Fsp3) is 0.500. The summed E-state index contributed by atoms with van der Waals surface area (Å²) in [5.74, 6) is 0.814. The molecule has 1 aliphatic carbocycles. The van der Waals surface area contributed by atoms with Crippen molar-refractivity contribution < 1.29 is 4.79 Å². The Bertz CT molecular complexity index is 241. The Kier molecular flexibility index (Phi) is 1.56. The minimum atomic E-state index is 0.187. The van der Waals surface area contributed by atoms with E-state index in [9.17, 15) is 4.79 Å². The first kappa shape index (κ1) is 7.59. The molecule has 0 radical (unpaired) electrons. The molecule has 0 aromatic rings. The summed E-state index contributed by atoms with van der Waals surface area (Å²) in [6, 6.07) is 0. The van der Waals surface area contributed by atoms with Gasteiger partial charge in [0.1, 0.15) is 0 Å². The first-order valence-corrected chi connectivity index (χ1v) is 4.33. The molecule has 1 fully saturated rings. The highest BCUT2D eigenvalue weighted by Gasteiger charge is 2.41. The van der Waals surface area contributed by atoms with Gasteiger partial charge in [-0.3, -0.25) is 4.79 Å². The largest absolute Gasteiger partial charge is 0.319 e. The molecule has 0 saturated carbocycles. The van der Waals surface area contributed by atoms with Crippen LogP contribution in [0.15, 0.2) is 24.4 Å². The van der Waals surface area contributed by atoms with E-state index in [1.165, 1.54) is 0 Å². The van der Waals surface area contributed by atoms with Crippen molar-refractivity contribution in [2.75, 3.05) is 7.05 Å². The van der Waals surface area contributed by atoms with Crippen LogP contribution >= 0.6 is 0 Å². The lowest BCUT2D eigenvalue weighted by atomic mass is 9.84. The summed E-state index contributed by atoms with van der Waals surface area (Å²) in [7, 11) is 1.82. The maximum atomic E-state index is 11.6. The molecule has 0 N–H and O–H groups in total. The molecule has 2 atom stereocenters. The second kappa shape index (κ2) is 2.47. The van der Waals surface area contributed by atoms with E-state index >= 15 is 0 Å². The first-order chi connectivity index (χ1) is 5.72. The molecule has 2 nitrogen and oxygen atoms in total.